The van der Waals surface area contributed by atoms with Crippen LogP contribution in [0.25, 0.3) is 43.6 Å². The molecule has 2 unspecified atom stereocenters. The van der Waals surface area contributed by atoms with E-state index in [4.69, 9.17) is 11.6 Å². The van der Waals surface area contributed by atoms with E-state index in [1.54, 1.807) is 43.7 Å². The minimum atomic E-state index is -5.27. The lowest BCUT2D eigenvalue weighted by Gasteiger charge is -2.40. The van der Waals surface area contributed by atoms with Crippen molar-refractivity contribution < 1.29 is 60.8 Å². The summed E-state index contributed by atoms with van der Waals surface area (Å²) in [6, 6.07) is 34.7. The maximum absolute atomic E-state index is 13.2. The highest BCUT2D eigenvalue weighted by molar-refractivity contribution is 7.90. The number of carbonyl (C=O) groups is 2. The van der Waals surface area contributed by atoms with Gasteiger partial charge in [0, 0.05) is 198 Å². The minimum Gasteiger partial charge on any atom is -0.367 e. The molecule has 2 amide bonds. The van der Waals surface area contributed by atoms with Gasteiger partial charge in [-0.1, -0.05) is 66.2 Å². The molecule has 0 spiro atoms. The summed E-state index contributed by atoms with van der Waals surface area (Å²) in [6.07, 6.45) is 12.8. The van der Waals surface area contributed by atoms with Gasteiger partial charge in [0.05, 0.1) is 23.5 Å². The third-order valence-electron chi connectivity index (χ3n) is 20.5. The number of sulfonamides is 2. The number of H-pyrrole nitrogens is 4. The summed E-state index contributed by atoms with van der Waals surface area (Å²) in [5.41, 5.74) is 5.10. The Morgan fingerprint density at radius 1 is 0.558 bits per heavy atom. The van der Waals surface area contributed by atoms with E-state index < -0.39 is 46.0 Å². The molecule has 0 bridgehead atoms. The summed E-state index contributed by atoms with van der Waals surface area (Å²) in [7, 11) is -10.4. The van der Waals surface area contributed by atoms with E-state index in [1.807, 2.05) is 59.6 Å². The Labute approximate surface area is 609 Å². The van der Waals surface area contributed by atoms with Crippen LogP contribution in [0.4, 0.5) is 34.6 Å². The van der Waals surface area contributed by atoms with Gasteiger partial charge in [-0.2, -0.15) is 47.2 Å². The molecule has 562 valence electrons. The second-order valence-corrected chi connectivity index (χ2v) is 35.4. The van der Waals surface area contributed by atoms with Crippen molar-refractivity contribution in [1.82, 2.24) is 51.1 Å². The third-order valence-corrected chi connectivity index (χ3v) is 27.2. The Hall–Kier alpha value is -7.63. The summed E-state index contributed by atoms with van der Waals surface area (Å²) < 4.78 is 153. The number of hydrogen-bond acceptors (Lipinski definition) is 12. The molecule has 10 heterocycles. The normalized spacial score (nSPS) is 19.8. The number of aromatic nitrogens is 4. The van der Waals surface area contributed by atoms with Gasteiger partial charge in [0.2, 0.25) is 21.8 Å². The van der Waals surface area contributed by atoms with E-state index in [1.165, 1.54) is 71.3 Å². The lowest BCUT2D eigenvalue weighted by atomic mass is 9.81. The van der Waals surface area contributed by atoms with Gasteiger partial charge in [-0.25, -0.2) is 30.3 Å². The van der Waals surface area contributed by atoms with Gasteiger partial charge in [0.1, 0.15) is 5.82 Å². The summed E-state index contributed by atoms with van der Waals surface area (Å²) in [5, 5.41) is 8.00. The number of alkyl halides is 3. The van der Waals surface area contributed by atoms with Gasteiger partial charge < -0.3 is 40.0 Å². The van der Waals surface area contributed by atoms with Crippen molar-refractivity contribution in [2.45, 2.75) is 81.7 Å². The number of halogens is 5. The molecule has 9 aromatic rings. The van der Waals surface area contributed by atoms with Gasteiger partial charge in [-0.15, -0.1) is 0 Å². The van der Waals surface area contributed by atoms with Crippen molar-refractivity contribution >= 4 is 125 Å². The summed E-state index contributed by atoms with van der Waals surface area (Å²) >= 11 is 6.03. The molecular weight excluding hydrogens is 1450 g/mol. The Morgan fingerprint density at radius 3 is 1.56 bits per heavy atom. The topological polar surface area (TPSA) is 284 Å². The molecule has 0 aliphatic carbocycles. The van der Waals surface area contributed by atoms with Gasteiger partial charge in [0.25, 0.3) is 20.4 Å². The maximum atomic E-state index is 13.2. The highest BCUT2D eigenvalue weighted by Crippen LogP contribution is 2.44. The number of benzene rings is 5. The average molecular weight is 1540 g/mol. The van der Waals surface area contributed by atoms with Crippen molar-refractivity contribution in [1.29, 1.82) is 0 Å². The second-order valence-electron chi connectivity index (χ2n) is 27.1. The molecule has 0 saturated carbocycles. The van der Waals surface area contributed by atoms with Crippen molar-refractivity contribution in [2.24, 2.45) is 5.92 Å². The molecular formula is C71H89ClF4N14O10S4. The van der Waals surface area contributed by atoms with E-state index in [2.05, 4.69) is 95.5 Å². The van der Waals surface area contributed by atoms with Crippen LogP contribution < -0.4 is 19.8 Å². The highest BCUT2D eigenvalue weighted by Gasteiger charge is 2.51. The van der Waals surface area contributed by atoms with Crippen LogP contribution in [0.1, 0.15) is 86.8 Å². The molecule has 24 nitrogen and oxygen atoms in total. The number of hydrogen-bond donors (Lipinski definition) is 6. The molecule has 5 saturated heterocycles. The van der Waals surface area contributed by atoms with Gasteiger partial charge in [-0.3, -0.25) is 9.59 Å². The smallest absolute Gasteiger partial charge is 0.367 e. The first-order valence-electron chi connectivity index (χ1n) is 34.5. The summed E-state index contributed by atoms with van der Waals surface area (Å²) in [4.78, 5) is 43.1. The van der Waals surface area contributed by atoms with Crippen molar-refractivity contribution in [3.63, 3.8) is 0 Å². The largest absolute Gasteiger partial charge is 0.511 e. The zero-order chi connectivity index (χ0) is 74.6. The van der Waals surface area contributed by atoms with Crippen LogP contribution in [0.3, 0.4) is 0 Å². The van der Waals surface area contributed by atoms with Crippen molar-refractivity contribution in [3.05, 3.63) is 162 Å². The fraction of sp³-hybridized carbons (Fsp3) is 0.437. The number of fused-ring (bicyclic) bond motifs is 5. The molecule has 5 aromatic carbocycles. The fourth-order valence-corrected chi connectivity index (χ4v) is 19.0. The molecule has 6 aliphatic rings. The second kappa shape index (κ2) is 32.2. The number of rotatable bonds is 11. The molecule has 33 heteroatoms. The Kier molecular flexibility index (Phi) is 24.0. The molecule has 2 atom stereocenters. The van der Waals surface area contributed by atoms with Gasteiger partial charge in [-0.05, 0) is 134 Å². The average Bonchev–Trinajstić information content (AvgIpc) is 1.64. The standard InChI is InChI=1S/C15H21N3O2S.C15H19N3O.C14H17ClN2O3S.C14H14F4N2O2S.C13H18N4O2S/c1-17(2)21(19,20)18-9-7-12(8-10-18)14-11-16-15-6-4-3-5-13(14)15;1-11-10-17(7-8-18(11)12(2)19)15-9-16-14-6-4-3-5-13(14)15;1-21(19,20)17-6-4-9(5-7-17)13-11-8-10(15)2-3-12(11)16-14(13)18;15-10-1-2-11-12(8-19-13(11)7-10)9-3-5-20(6-4-9)23(21,22)14(16,17)18;1-14-20(18,19)17-8-6-16(7-9-17)13-10-15-12-5-3-2-4-11(12)13/h3-6,11-12,16H,7-10H2,1-2H3;3-6,9,11,16H,7-8,10H2,1-2H3;2-3,8-9,13H,4-7H2,1H3,(H,16,18);1-2,7-9,19H,3-6H2;2-5,10,14-15H,6-9H2,1H3. The number of piperazine rings is 2. The number of nitrogens with one attached hydrogen (secondary N) is 6. The first-order valence-corrected chi connectivity index (χ1v) is 41.0. The zero-order valence-corrected chi connectivity index (χ0v) is 62.7. The van der Waals surface area contributed by atoms with Crippen LogP contribution in [0.15, 0.2) is 134 Å². The number of nitrogens with zero attached hydrogens (tertiary/aromatic N) is 8. The monoisotopic (exact) mass is 1540 g/mol. The molecule has 6 N–H and O–H groups in total. The van der Waals surface area contributed by atoms with E-state index >= 15 is 0 Å². The van der Waals surface area contributed by atoms with Crippen LogP contribution in [0.5, 0.6) is 0 Å². The molecule has 5 fully saturated rings. The van der Waals surface area contributed by atoms with Crippen LogP contribution in [0.2, 0.25) is 5.02 Å². The Morgan fingerprint density at radius 2 is 1.04 bits per heavy atom. The third kappa shape index (κ3) is 17.3. The van der Waals surface area contributed by atoms with E-state index in [-0.39, 0.29) is 54.5 Å². The maximum Gasteiger partial charge on any atom is 0.511 e. The van der Waals surface area contributed by atoms with Gasteiger partial charge >= 0.3 is 15.5 Å². The quantitative estimate of drug-likeness (QED) is 0.0660. The zero-order valence-electron chi connectivity index (χ0n) is 58.7. The first kappa shape index (κ1) is 77.5. The number of aromatic amines is 4. The Balaban J connectivity index is 0.000000130. The Bertz CT molecular complexity index is 4990. The molecule has 6 aliphatic heterocycles. The van der Waals surface area contributed by atoms with Crippen molar-refractivity contribution in [2.75, 3.05) is 128 Å². The lowest BCUT2D eigenvalue weighted by Crippen LogP contribution is -2.53. The molecule has 0 radical (unpaired) electrons. The van der Waals surface area contributed by atoms with Crippen LogP contribution in [-0.4, -0.2) is 216 Å². The summed E-state index contributed by atoms with van der Waals surface area (Å²) in [5.74, 6) is 0.0833. The predicted octanol–water partition coefficient (Wildman–Crippen LogP) is 10.5. The van der Waals surface area contributed by atoms with E-state index in [9.17, 15) is 60.8 Å². The van der Waals surface area contributed by atoms with E-state index in [0.29, 0.717) is 98.8 Å². The predicted molar refractivity (Wildman–Crippen MR) is 401 cm³/mol. The van der Waals surface area contributed by atoms with Crippen molar-refractivity contribution in [3.8, 4) is 0 Å². The lowest BCUT2D eigenvalue weighted by molar-refractivity contribution is -0.131. The molecule has 15 rings (SSSR count). The number of piperidine rings is 3. The van der Waals surface area contributed by atoms with Gasteiger partial charge in [0.15, 0.2) is 0 Å². The number of para-hydroxylation sites is 3. The fourth-order valence-electron chi connectivity index (χ4n) is 14.9. The van der Waals surface area contributed by atoms with Crippen LogP contribution in [0, 0.1) is 11.7 Å². The number of carbonyl (C=O) groups excluding carboxylic acids is 2. The van der Waals surface area contributed by atoms with Crippen LogP contribution in [-0.2, 0) is 50.1 Å². The van der Waals surface area contributed by atoms with E-state index in [0.717, 1.165) is 71.4 Å². The number of anilines is 3. The first-order chi connectivity index (χ1) is 49.3. The SMILES string of the molecule is CC(=O)N1CCN(c2c[nH]c3ccccc23)CC1C.CN(C)S(=O)(=O)N1CCC(c2c[nH]c3ccccc23)CC1.CNS(=O)(=O)N1CCN(c2c[nH]c3ccccc23)CC1.CS(=O)(=O)N1CCC(C2C(=O)Nc3ccc(Cl)cc32)CC1.O=S(=O)(N1CCC(c2c[nH]c3cc(F)ccc23)CC1)C(F)(F)F. The highest BCUT2D eigenvalue weighted by atomic mass is 35.5. The molecule has 4 aromatic heterocycles. The number of amides is 2. The van der Waals surface area contributed by atoms with Crippen LogP contribution >= 0.6 is 11.6 Å². The minimum absolute atomic E-state index is 0.00919. The summed E-state index contributed by atoms with van der Waals surface area (Å²) in [6.45, 7) is 10.5. The molecule has 104 heavy (non-hydrogen) atoms.